The molecule has 1 aromatic rings. The number of piperazine rings is 1. The van der Waals surface area contributed by atoms with E-state index in [4.69, 9.17) is 4.98 Å². The van der Waals surface area contributed by atoms with Gasteiger partial charge in [0.1, 0.15) is 11.6 Å². The number of carbonyl (C=O) groups excluding carboxylic acids is 1. The molecular formula is C17H28N4O. The third-order valence-electron chi connectivity index (χ3n) is 3.84. The van der Waals surface area contributed by atoms with Gasteiger partial charge in [0.05, 0.1) is 0 Å². The highest BCUT2D eigenvalue weighted by molar-refractivity contribution is 5.81. The first-order chi connectivity index (χ1) is 10.1. The van der Waals surface area contributed by atoms with Crippen LogP contribution in [0, 0.1) is 5.41 Å². The second-order valence-corrected chi connectivity index (χ2v) is 8.02. The van der Waals surface area contributed by atoms with Crippen LogP contribution in [0.25, 0.3) is 0 Å². The molecule has 0 unspecified atom stereocenters. The molecule has 0 spiro atoms. The van der Waals surface area contributed by atoms with Gasteiger partial charge in [0, 0.05) is 43.2 Å². The molecule has 0 saturated carbocycles. The average molecular weight is 304 g/mol. The lowest BCUT2D eigenvalue weighted by Gasteiger charge is -2.38. The smallest absolute Gasteiger partial charge is 0.228 e. The van der Waals surface area contributed by atoms with Gasteiger partial charge in [-0.25, -0.2) is 9.97 Å². The molecule has 2 heterocycles. The zero-order valence-electron chi connectivity index (χ0n) is 14.7. The van der Waals surface area contributed by atoms with Crippen LogP contribution in [0.2, 0.25) is 0 Å². The van der Waals surface area contributed by atoms with Crippen LogP contribution in [0.3, 0.4) is 0 Å². The van der Waals surface area contributed by atoms with E-state index in [-0.39, 0.29) is 16.7 Å². The van der Waals surface area contributed by atoms with Gasteiger partial charge in [0.25, 0.3) is 0 Å². The van der Waals surface area contributed by atoms with Crippen LogP contribution in [0.4, 0.5) is 5.82 Å². The summed E-state index contributed by atoms with van der Waals surface area (Å²) in [7, 11) is 0. The topological polar surface area (TPSA) is 49.3 Å². The second-order valence-electron chi connectivity index (χ2n) is 8.02. The fraction of sp³-hybridized carbons (Fsp3) is 0.706. The Labute approximate surface area is 133 Å². The van der Waals surface area contributed by atoms with Crippen molar-refractivity contribution in [3.8, 4) is 0 Å². The number of nitrogens with zero attached hydrogens (tertiary/aromatic N) is 4. The Morgan fingerprint density at radius 3 is 2.14 bits per heavy atom. The largest absolute Gasteiger partial charge is 0.353 e. The molecule has 5 nitrogen and oxygen atoms in total. The molecule has 0 aromatic carbocycles. The van der Waals surface area contributed by atoms with Crippen LogP contribution in [-0.4, -0.2) is 47.0 Å². The Morgan fingerprint density at radius 1 is 1.05 bits per heavy atom. The Balaban J connectivity index is 2.05. The number of anilines is 1. The fourth-order valence-electron chi connectivity index (χ4n) is 2.50. The van der Waals surface area contributed by atoms with E-state index in [1.807, 2.05) is 37.9 Å². The molecule has 5 heteroatoms. The number of carbonyl (C=O) groups is 1. The monoisotopic (exact) mass is 304 g/mol. The Morgan fingerprint density at radius 2 is 1.64 bits per heavy atom. The SMILES string of the molecule is CC(C)(C)C(=O)N1CCN(c2ccnc(C(C)(C)C)n2)CC1. The van der Waals surface area contributed by atoms with E-state index in [2.05, 4.69) is 30.7 Å². The first-order valence-corrected chi connectivity index (χ1v) is 7.97. The summed E-state index contributed by atoms with van der Waals surface area (Å²) in [4.78, 5) is 25.6. The molecule has 1 aliphatic rings. The summed E-state index contributed by atoms with van der Waals surface area (Å²) >= 11 is 0. The highest BCUT2D eigenvalue weighted by Crippen LogP contribution is 2.23. The maximum atomic E-state index is 12.3. The van der Waals surface area contributed by atoms with Crippen molar-refractivity contribution in [1.29, 1.82) is 0 Å². The van der Waals surface area contributed by atoms with Crippen molar-refractivity contribution in [1.82, 2.24) is 14.9 Å². The predicted octanol–water partition coefficient (Wildman–Crippen LogP) is 2.47. The van der Waals surface area contributed by atoms with E-state index in [9.17, 15) is 4.79 Å². The minimum atomic E-state index is -0.309. The fourth-order valence-corrected chi connectivity index (χ4v) is 2.50. The van der Waals surface area contributed by atoms with Crippen molar-refractivity contribution in [3.63, 3.8) is 0 Å². The van der Waals surface area contributed by atoms with E-state index < -0.39 is 0 Å². The van der Waals surface area contributed by atoms with E-state index in [0.29, 0.717) is 0 Å². The highest BCUT2D eigenvalue weighted by atomic mass is 16.2. The molecule has 0 aliphatic carbocycles. The lowest BCUT2D eigenvalue weighted by molar-refractivity contribution is -0.139. The van der Waals surface area contributed by atoms with Crippen LogP contribution >= 0.6 is 0 Å². The van der Waals surface area contributed by atoms with Crippen molar-refractivity contribution < 1.29 is 4.79 Å². The van der Waals surface area contributed by atoms with Gasteiger partial charge in [0.15, 0.2) is 0 Å². The first-order valence-electron chi connectivity index (χ1n) is 7.97. The summed E-state index contributed by atoms with van der Waals surface area (Å²) in [5.41, 5.74) is -0.365. The molecule has 1 aliphatic heterocycles. The molecule has 22 heavy (non-hydrogen) atoms. The van der Waals surface area contributed by atoms with Crippen LogP contribution in [0.5, 0.6) is 0 Å². The Hall–Kier alpha value is -1.65. The van der Waals surface area contributed by atoms with Gasteiger partial charge >= 0.3 is 0 Å². The van der Waals surface area contributed by atoms with Gasteiger partial charge in [0.2, 0.25) is 5.91 Å². The maximum absolute atomic E-state index is 12.3. The summed E-state index contributed by atoms with van der Waals surface area (Å²) in [6, 6.07) is 1.95. The Bertz CT molecular complexity index is 534. The van der Waals surface area contributed by atoms with Crippen LogP contribution in [0.15, 0.2) is 12.3 Å². The number of amides is 1. The number of hydrogen-bond donors (Lipinski definition) is 0. The normalized spacial score (nSPS) is 16.8. The summed E-state index contributed by atoms with van der Waals surface area (Å²) < 4.78 is 0. The molecule has 0 atom stereocenters. The quantitative estimate of drug-likeness (QED) is 0.800. The number of rotatable bonds is 1. The summed E-state index contributed by atoms with van der Waals surface area (Å²) in [6.07, 6.45) is 1.83. The number of aromatic nitrogens is 2. The third-order valence-corrected chi connectivity index (χ3v) is 3.84. The summed E-state index contributed by atoms with van der Waals surface area (Å²) in [5.74, 6) is 2.05. The van der Waals surface area contributed by atoms with Crippen LogP contribution in [0.1, 0.15) is 47.4 Å². The molecule has 2 rings (SSSR count). The van der Waals surface area contributed by atoms with E-state index in [1.54, 1.807) is 0 Å². The van der Waals surface area contributed by atoms with Gasteiger partial charge in [-0.3, -0.25) is 4.79 Å². The van der Waals surface area contributed by atoms with Crippen molar-refractivity contribution >= 4 is 11.7 Å². The third kappa shape index (κ3) is 3.76. The van der Waals surface area contributed by atoms with E-state index >= 15 is 0 Å². The Kier molecular flexibility index (Phi) is 4.45. The van der Waals surface area contributed by atoms with Crippen molar-refractivity contribution in [3.05, 3.63) is 18.1 Å². The molecule has 1 fully saturated rings. The standard InChI is InChI=1S/C17H28N4O/c1-16(2,3)14-18-8-7-13(19-14)20-9-11-21(12-10-20)15(22)17(4,5)6/h7-8H,9-12H2,1-6H3. The molecule has 0 bridgehead atoms. The molecule has 1 saturated heterocycles. The molecule has 0 N–H and O–H groups in total. The van der Waals surface area contributed by atoms with Crippen molar-refractivity contribution in [2.45, 2.75) is 47.0 Å². The lowest BCUT2D eigenvalue weighted by atomic mass is 9.94. The van der Waals surface area contributed by atoms with Crippen molar-refractivity contribution in [2.24, 2.45) is 5.41 Å². The van der Waals surface area contributed by atoms with Gasteiger partial charge in [-0.1, -0.05) is 41.5 Å². The molecule has 122 valence electrons. The minimum Gasteiger partial charge on any atom is -0.353 e. The van der Waals surface area contributed by atoms with Gasteiger partial charge in [-0.2, -0.15) is 0 Å². The summed E-state index contributed by atoms with van der Waals surface area (Å²) in [5, 5.41) is 0. The average Bonchev–Trinajstić information content (AvgIpc) is 2.45. The van der Waals surface area contributed by atoms with Crippen LogP contribution < -0.4 is 4.90 Å². The zero-order chi connectivity index (χ0) is 16.5. The van der Waals surface area contributed by atoms with E-state index in [1.165, 1.54) is 0 Å². The summed E-state index contributed by atoms with van der Waals surface area (Å²) in [6.45, 7) is 15.4. The van der Waals surface area contributed by atoms with Gasteiger partial charge < -0.3 is 9.80 Å². The zero-order valence-corrected chi connectivity index (χ0v) is 14.7. The molecule has 1 aromatic heterocycles. The number of hydrogen-bond acceptors (Lipinski definition) is 4. The van der Waals surface area contributed by atoms with Crippen molar-refractivity contribution in [2.75, 3.05) is 31.1 Å². The highest BCUT2D eigenvalue weighted by Gasteiger charge is 2.30. The lowest BCUT2D eigenvalue weighted by Crippen LogP contribution is -2.52. The minimum absolute atomic E-state index is 0.0555. The van der Waals surface area contributed by atoms with Crippen LogP contribution in [-0.2, 0) is 10.2 Å². The predicted molar refractivity (Wildman–Crippen MR) is 89.0 cm³/mol. The van der Waals surface area contributed by atoms with Gasteiger partial charge in [-0.15, -0.1) is 0 Å². The first kappa shape index (κ1) is 16.7. The van der Waals surface area contributed by atoms with E-state index in [0.717, 1.165) is 37.8 Å². The maximum Gasteiger partial charge on any atom is 0.228 e. The van der Waals surface area contributed by atoms with Gasteiger partial charge in [-0.05, 0) is 6.07 Å². The molecule has 1 amide bonds. The second kappa shape index (κ2) is 5.86. The molecular weight excluding hydrogens is 276 g/mol. The molecule has 0 radical (unpaired) electrons.